The van der Waals surface area contributed by atoms with Crippen LogP contribution in [0.1, 0.15) is 30.5 Å². The van der Waals surface area contributed by atoms with Crippen molar-refractivity contribution < 1.29 is 4.21 Å². The van der Waals surface area contributed by atoms with Crippen LogP contribution in [0.3, 0.4) is 0 Å². The van der Waals surface area contributed by atoms with Crippen LogP contribution in [0, 0.1) is 6.92 Å². The summed E-state index contributed by atoms with van der Waals surface area (Å²) in [6.07, 6.45) is 0. The van der Waals surface area contributed by atoms with Crippen LogP contribution >= 0.6 is 0 Å². The van der Waals surface area contributed by atoms with Gasteiger partial charge in [0, 0.05) is 15.2 Å². The van der Waals surface area contributed by atoms with Gasteiger partial charge in [0.25, 0.3) is 0 Å². The molecule has 0 spiro atoms. The van der Waals surface area contributed by atoms with Gasteiger partial charge in [0.15, 0.2) is 0 Å². The Balaban J connectivity index is 2.37. The highest BCUT2D eigenvalue weighted by Gasteiger charge is 2.35. The Morgan fingerprint density at radius 2 is 1.61 bits per heavy atom. The number of fused-ring (bicyclic) bond motifs is 2. The minimum atomic E-state index is -1.04. The molecule has 1 aliphatic rings. The fourth-order valence-corrected chi connectivity index (χ4v) is 4.37. The molecule has 0 radical (unpaired) electrons. The first-order valence-corrected chi connectivity index (χ1v) is 7.29. The lowest BCUT2D eigenvalue weighted by Crippen LogP contribution is -2.27. The van der Waals surface area contributed by atoms with E-state index in [1.54, 1.807) is 0 Å². The number of hydrogen-bond acceptors (Lipinski definition) is 1. The highest BCUT2D eigenvalue weighted by atomic mass is 32.2. The fourth-order valence-electron chi connectivity index (χ4n) is 2.70. The first kappa shape index (κ1) is 11.7. The lowest BCUT2D eigenvalue weighted by Gasteiger charge is -2.34. The molecule has 2 aromatic carbocycles. The zero-order valence-electron chi connectivity index (χ0n) is 10.9. The van der Waals surface area contributed by atoms with Crippen molar-refractivity contribution in [2.24, 2.45) is 0 Å². The van der Waals surface area contributed by atoms with E-state index in [4.69, 9.17) is 0 Å². The van der Waals surface area contributed by atoms with E-state index in [0.29, 0.717) is 0 Å². The molecule has 0 aromatic heterocycles. The van der Waals surface area contributed by atoms with Crippen molar-refractivity contribution in [2.45, 2.75) is 36.0 Å². The van der Waals surface area contributed by atoms with Crippen molar-refractivity contribution in [1.29, 1.82) is 0 Å². The van der Waals surface area contributed by atoms with Crippen LogP contribution in [0.15, 0.2) is 52.3 Å². The third-order valence-electron chi connectivity index (χ3n) is 3.77. The Kier molecular flexibility index (Phi) is 2.46. The molecular weight excluding hydrogens is 240 g/mol. The summed E-state index contributed by atoms with van der Waals surface area (Å²) in [6, 6.07) is 14.3. The SMILES string of the molecule is Cc1ccc2c(c1)C(C)(C)c1ccccc1S2=O. The van der Waals surface area contributed by atoms with Crippen molar-refractivity contribution in [1.82, 2.24) is 0 Å². The number of rotatable bonds is 0. The van der Waals surface area contributed by atoms with Gasteiger partial charge in [-0.2, -0.15) is 0 Å². The Bertz CT molecular complexity index is 656. The largest absolute Gasteiger partial charge is 0.249 e. The maximum atomic E-state index is 12.6. The average Bonchev–Trinajstić information content (AvgIpc) is 2.36. The minimum Gasteiger partial charge on any atom is -0.249 e. The normalized spacial score (nSPS) is 20.1. The van der Waals surface area contributed by atoms with Gasteiger partial charge in [0.05, 0.1) is 10.8 Å². The van der Waals surface area contributed by atoms with Crippen LogP contribution in [0.2, 0.25) is 0 Å². The van der Waals surface area contributed by atoms with Gasteiger partial charge in [0.2, 0.25) is 0 Å². The summed E-state index contributed by atoms with van der Waals surface area (Å²) in [6.45, 7) is 6.50. The predicted octanol–water partition coefficient (Wildman–Crippen LogP) is 3.80. The molecule has 0 bridgehead atoms. The van der Waals surface area contributed by atoms with E-state index in [0.717, 1.165) is 9.79 Å². The molecule has 1 atom stereocenters. The Morgan fingerprint density at radius 3 is 2.39 bits per heavy atom. The molecule has 3 rings (SSSR count). The van der Waals surface area contributed by atoms with Gasteiger partial charge in [-0.25, -0.2) is 4.21 Å². The maximum Gasteiger partial charge on any atom is 0.0855 e. The summed E-state index contributed by atoms with van der Waals surface area (Å²) in [5.74, 6) is 0. The Hall–Kier alpha value is -1.41. The molecule has 0 saturated heterocycles. The fraction of sp³-hybridized carbons (Fsp3) is 0.250. The summed E-state index contributed by atoms with van der Waals surface area (Å²) in [4.78, 5) is 1.92. The van der Waals surface area contributed by atoms with Crippen LogP contribution in [-0.4, -0.2) is 4.21 Å². The molecular formula is C16H16OS. The molecule has 2 aromatic rings. The van der Waals surface area contributed by atoms with Crippen molar-refractivity contribution in [3.63, 3.8) is 0 Å². The van der Waals surface area contributed by atoms with E-state index in [-0.39, 0.29) is 5.41 Å². The summed E-state index contributed by atoms with van der Waals surface area (Å²) in [5.41, 5.74) is 3.52. The molecule has 1 nitrogen and oxygen atoms in total. The van der Waals surface area contributed by atoms with Crippen LogP contribution in [-0.2, 0) is 16.2 Å². The van der Waals surface area contributed by atoms with E-state index >= 15 is 0 Å². The van der Waals surface area contributed by atoms with Crippen LogP contribution < -0.4 is 0 Å². The molecule has 92 valence electrons. The zero-order valence-corrected chi connectivity index (χ0v) is 11.7. The van der Waals surface area contributed by atoms with E-state index in [9.17, 15) is 4.21 Å². The molecule has 0 aliphatic carbocycles. The molecule has 0 N–H and O–H groups in total. The number of hydrogen-bond donors (Lipinski definition) is 0. The first-order valence-electron chi connectivity index (χ1n) is 6.14. The maximum absolute atomic E-state index is 12.6. The molecule has 2 heteroatoms. The highest BCUT2D eigenvalue weighted by molar-refractivity contribution is 7.85. The standard InChI is InChI=1S/C16H16OS/c1-11-8-9-15-13(10-11)16(2,3)12-6-4-5-7-14(12)18(15)17/h4-10H,1-3H3. The van der Waals surface area contributed by atoms with Gasteiger partial charge in [-0.1, -0.05) is 49.7 Å². The quantitative estimate of drug-likeness (QED) is 0.700. The third kappa shape index (κ3) is 1.49. The monoisotopic (exact) mass is 256 g/mol. The summed E-state index contributed by atoms with van der Waals surface area (Å²) < 4.78 is 12.6. The van der Waals surface area contributed by atoms with Gasteiger partial charge >= 0.3 is 0 Å². The molecule has 1 heterocycles. The third-order valence-corrected chi connectivity index (χ3v) is 5.28. The van der Waals surface area contributed by atoms with Crippen molar-refractivity contribution in [3.05, 3.63) is 59.2 Å². The van der Waals surface area contributed by atoms with Crippen LogP contribution in [0.25, 0.3) is 0 Å². The molecule has 0 fully saturated rings. The number of aryl methyl sites for hydroxylation is 1. The smallest absolute Gasteiger partial charge is 0.0855 e. The van der Waals surface area contributed by atoms with Gasteiger partial charge in [-0.3, -0.25) is 0 Å². The van der Waals surface area contributed by atoms with Crippen LogP contribution in [0.5, 0.6) is 0 Å². The molecule has 0 saturated carbocycles. The van der Waals surface area contributed by atoms with Crippen molar-refractivity contribution >= 4 is 10.8 Å². The molecule has 0 amide bonds. The second kappa shape index (κ2) is 3.79. The second-order valence-corrected chi connectivity index (χ2v) is 6.81. The van der Waals surface area contributed by atoms with Crippen LogP contribution in [0.4, 0.5) is 0 Å². The highest BCUT2D eigenvalue weighted by Crippen LogP contribution is 2.43. The summed E-state index contributed by atoms with van der Waals surface area (Å²) in [7, 11) is -1.04. The average molecular weight is 256 g/mol. The predicted molar refractivity (Wildman–Crippen MR) is 74.4 cm³/mol. The second-order valence-electron chi connectivity index (χ2n) is 5.39. The first-order chi connectivity index (χ1) is 8.51. The summed E-state index contributed by atoms with van der Waals surface area (Å²) >= 11 is 0. The van der Waals surface area contributed by atoms with Crippen molar-refractivity contribution in [2.75, 3.05) is 0 Å². The van der Waals surface area contributed by atoms with E-state index in [1.165, 1.54) is 16.7 Å². The van der Waals surface area contributed by atoms with E-state index < -0.39 is 10.8 Å². The topological polar surface area (TPSA) is 17.1 Å². The minimum absolute atomic E-state index is 0.0775. The van der Waals surface area contributed by atoms with Gasteiger partial charge in [-0.05, 0) is 30.2 Å². The Labute approximate surface area is 110 Å². The Morgan fingerprint density at radius 1 is 0.944 bits per heavy atom. The van der Waals surface area contributed by atoms with Gasteiger partial charge in [-0.15, -0.1) is 0 Å². The molecule has 18 heavy (non-hydrogen) atoms. The van der Waals surface area contributed by atoms with E-state index in [1.807, 2.05) is 30.3 Å². The zero-order chi connectivity index (χ0) is 12.9. The van der Waals surface area contributed by atoms with Gasteiger partial charge in [0.1, 0.15) is 0 Å². The lowest BCUT2D eigenvalue weighted by molar-refractivity contribution is 0.593. The molecule has 1 unspecified atom stereocenters. The van der Waals surface area contributed by atoms with E-state index in [2.05, 4.69) is 32.9 Å². The summed E-state index contributed by atoms with van der Waals surface area (Å²) in [5, 5.41) is 0. The number of benzene rings is 2. The molecule has 1 aliphatic heterocycles. The van der Waals surface area contributed by atoms with Crippen molar-refractivity contribution in [3.8, 4) is 0 Å². The lowest BCUT2D eigenvalue weighted by atomic mass is 9.77. The van der Waals surface area contributed by atoms with Gasteiger partial charge < -0.3 is 0 Å².